The number of hydrogen-bond donors (Lipinski definition) is 3. The van der Waals surface area contributed by atoms with Gasteiger partial charge < -0.3 is 10.6 Å². The van der Waals surface area contributed by atoms with Gasteiger partial charge in [0.05, 0.1) is 4.92 Å². The van der Waals surface area contributed by atoms with Crippen LogP contribution in [0.15, 0.2) is 48.5 Å². The summed E-state index contributed by atoms with van der Waals surface area (Å²) in [7, 11) is 0. The van der Waals surface area contributed by atoms with E-state index in [1.54, 1.807) is 12.1 Å². The molecule has 0 amide bonds. The summed E-state index contributed by atoms with van der Waals surface area (Å²) in [5.74, 6) is 0. The van der Waals surface area contributed by atoms with Gasteiger partial charge in [0, 0.05) is 29.2 Å². The minimum absolute atomic E-state index is 0.0670. The summed E-state index contributed by atoms with van der Waals surface area (Å²) in [6.07, 6.45) is 0. The maximum Gasteiger partial charge on any atom is 0.269 e. The minimum atomic E-state index is -0.426. The quantitative estimate of drug-likeness (QED) is 0.345. The standard InChI is InChI=1S/C13H11N3O2S2/c17-16(18)12-7-5-10(6-8-12)14-9-1-3-11(4-2-9)15-13(19)20/h1-8,14H,(H2,15,19,20). The second kappa shape index (κ2) is 6.36. The lowest BCUT2D eigenvalue weighted by Crippen LogP contribution is -2.00. The van der Waals surface area contributed by atoms with E-state index in [-0.39, 0.29) is 5.69 Å². The van der Waals surface area contributed by atoms with Crippen molar-refractivity contribution in [3.63, 3.8) is 0 Å². The Morgan fingerprint density at radius 3 is 1.90 bits per heavy atom. The van der Waals surface area contributed by atoms with Crippen molar-refractivity contribution in [3.05, 3.63) is 58.6 Å². The van der Waals surface area contributed by atoms with Crippen molar-refractivity contribution in [1.29, 1.82) is 0 Å². The molecular formula is C13H11N3O2S2. The monoisotopic (exact) mass is 305 g/mol. The van der Waals surface area contributed by atoms with Gasteiger partial charge in [-0.3, -0.25) is 10.1 Å². The molecule has 0 fully saturated rings. The third-order valence-electron chi connectivity index (χ3n) is 2.50. The van der Waals surface area contributed by atoms with Crippen molar-refractivity contribution in [1.82, 2.24) is 0 Å². The molecule has 0 heterocycles. The number of anilines is 3. The molecule has 2 aromatic rings. The average molecular weight is 305 g/mol. The lowest BCUT2D eigenvalue weighted by atomic mass is 10.2. The summed E-state index contributed by atoms with van der Waals surface area (Å²) < 4.78 is 0.404. The topological polar surface area (TPSA) is 67.2 Å². The van der Waals surface area contributed by atoms with Crippen molar-refractivity contribution >= 4 is 51.9 Å². The number of nitrogens with zero attached hydrogens (tertiary/aromatic N) is 1. The first-order valence-electron chi connectivity index (χ1n) is 5.66. The van der Waals surface area contributed by atoms with Crippen LogP contribution in [0, 0.1) is 10.1 Å². The molecule has 0 radical (unpaired) electrons. The van der Waals surface area contributed by atoms with Gasteiger partial charge in [-0.05, 0) is 36.4 Å². The summed E-state index contributed by atoms with van der Waals surface area (Å²) in [4.78, 5) is 10.1. The van der Waals surface area contributed by atoms with E-state index in [1.807, 2.05) is 24.3 Å². The van der Waals surface area contributed by atoms with Crippen LogP contribution in [0.25, 0.3) is 0 Å². The van der Waals surface area contributed by atoms with Crippen molar-refractivity contribution in [2.75, 3.05) is 10.6 Å². The molecule has 5 nitrogen and oxygen atoms in total. The van der Waals surface area contributed by atoms with Crippen LogP contribution < -0.4 is 10.6 Å². The highest BCUT2D eigenvalue weighted by Gasteiger charge is 2.03. The predicted molar refractivity (Wildman–Crippen MR) is 88.0 cm³/mol. The molecule has 2 aromatic carbocycles. The largest absolute Gasteiger partial charge is 0.356 e. The number of nitrogens with one attached hydrogen (secondary N) is 2. The van der Waals surface area contributed by atoms with Gasteiger partial charge in [0.2, 0.25) is 0 Å². The molecule has 2 N–H and O–H groups in total. The zero-order valence-corrected chi connectivity index (χ0v) is 11.9. The van der Waals surface area contributed by atoms with Gasteiger partial charge in [-0.2, -0.15) is 0 Å². The van der Waals surface area contributed by atoms with Crippen LogP contribution in [0.3, 0.4) is 0 Å². The molecule has 0 aliphatic rings. The Labute approximate surface area is 126 Å². The predicted octanol–water partition coefficient (Wildman–Crippen LogP) is 3.97. The van der Waals surface area contributed by atoms with Crippen LogP contribution >= 0.6 is 24.8 Å². The fraction of sp³-hybridized carbons (Fsp3) is 0. The van der Waals surface area contributed by atoms with E-state index in [2.05, 4.69) is 23.3 Å². The molecule has 0 saturated carbocycles. The van der Waals surface area contributed by atoms with E-state index in [1.165, 1.54) is 12.1 Å². The lowest BCUT2D eigenvalue weighted by molar-refractivity contribution is -0.384. The van der Waals surface area contributed by atoms with Gasteiger partial charge in [0.15, 0.2) is 0 Å². The van der Waals surface area contributed by atoms with E-state index >= 15 is 0 Å². The second-order valence-corrected chi connectivity index (χ2v) is 5.09. The number of thiocarbonyl (C=S) groups is 1. The Hall–Kier alpha value is -2.12. The van der Waals surface area contributed by atoms with Gasteiger partial charge in [-0.15, -0.1) is 12.6 Å². The SMILES string of the molecule is O=[N+]([O-])c1ccc(Nc2ccc(NC(=S)S)cc2)cc1. The smallest absolute Gasteiger partial charge is 0.269 e. The molecule has 2 rings (SSSR count). The number of rotatable bonds is 4. The fourth-order valence-electron chi connectivity index (χ4n) is 1.59. The molecule has 0 aromatic heterocycles. The van der Waals surface area contributed by atoms with Crippen LogP contribution in [0.4, 0.5) is 22.7 Å². The van der Waals surface area contributed by atoms with Crippen LogP contribution in [0.1, 0.15) is 0 Å². The summed E-state index contributed by atoms with van der Waals surface area (Å²) in [6, 6.07) is 13.7. The highest BCUT2D eigenvalue weighted by molar-refractivity contribution is 8.11. The van der Waals surface area contributed by atoms with Crippen LogP contribution in [-0.2, 0) is 0 Å². The highest BCUT2D eigenvalue weighted by atomic mass is 32.1. The van der Waals surface area contributed by atoms with Gasteiger partial charge in [-0.25, -0.2) is 0 Å². The number of thiol groups is 1. The maximum absolute atomic E-state index is 10.6. The van der Waals surface area contributed by atoms with Crippen LogP contribution in [0.2, 0.25) is 0 Å². The second-order valence-electron chi connectivity index (χ2n) is 3.94. The Morgan fingerprint density at radius 2 is 1.45 bits per heavy atom. The number of benzene rings is 2. The summed E-state index contributed by atoms with van der Waals surface area (Å²) in [5.41, 5.74) is 2.56. The van der Waals surface area contributed by atoms with E-state index in [0.717, 1.165) is 17.1 Å². The molecule has 0 aliphatic carbocycles. The first kappa shape index (κ1) is 14.3. The summed E-state index contributed by atoms with van der Waals surface area (Å²) >= 11 is 8.82. The Bertz CT molecular complexity index is 627. The van der Waals surface area contributed by atoms with Gasteiger partial charge in [0.1, 0.15) is 4.32 Å². The number of nitro groups is 1. The van der Waals surface area contributed by atoms with E-state index in [9.17, 15) is 10.1 Å². The zero-order chi connectivity index (χ0) is 14.5. The lowest BCUT2D eigenvalue weighted by Gasteiger charge is -2.08. The summed E-state index contributed by atoms with van der Waals surface area (Å²) in [5, 5.41) is 16.6. The Balaban J connectivity index is 2.06. The number of nitro benzene ring substituents is 1. The van der Waals surface area contributed by atoms with Crippen molar-refractivity contribution < 1.29 is 4.92 Å². The summed E-state index contributed by atoms with van der Waals surface area (Å²) in [6.45, 7) is 0. The third kappa shape index (κ3) is 3.94. The maximum atomic E-state index is 10.6. The zero-order valence-electron chi connectivity index (χ0n) is 10.2. The Morgan fingerprint density at radius 1 is 1.00 bits per heavy atom. The molecule has 0 atom stereocenters. The third-order valence-corrected chi connectivity index (χ3v) is 2.72. The average Bonchev–Trinajstić information content (AvgIpc) is 2.41. The van der Waals surface area contributed by atoms with Gasteiger partial charge in [-0.1, -0.05) is 12.2 Å². The fourth-order valence-corrected chi connectivity index (χ4v) is 1.84. The van der Waals surface area contributed by atoms with Crippen molar-refractivity contribution in [3.8, 4) is 0 Å². The molecule has 0 saturated heterocycles. The van der Waals surface area contributed by atoms with Crippen LogP contribution in [0.5, 0.6) is 0 Å². The molecular weight excluding hydrogens is 294 g/mol. The van der Waals surface area contributed by atoms with Gasteiger partial charge >= 0.3 is 0 Å². The molecule has 7 heteroatoms. The first-order chi connectivity index (χ1) is 9.54. The minimum Gasteiger partial charge on any atom is -0.356 e. The molecule has 0 aliphatic heterocycles. The van der Waals surface area contributed by atoms with E-state index < -0.39 is 4.92 Å². The Kier molecular flexibility index (Phi) is 4.54. The van der Waals surface area contributed by atoms with Crippen molar-refractivity contribution in [2.45, 2.75) is 0 Å². The van der Waals surface area contributed by atoms with E-state index in [4.69, 9.17) is 12.2 Å². The van der Waals surface area contributed by atoms with Gasteiger partial charge in [0.25, 0.3) is 5.69 Å². The number of non-ortho nitro benzene ring substituents is 1. The normalized spacial score (nSPS) is 9.85. The molecule has 20 heavy (non-hydrogen) atoms. The molecule has 0 unspecified atom stereocenters. The van der Waals surface area contributed by atoms with E-state index in [0.29, 0.717) is 4.32 Å². The first-order valence-corrected chi connectivity index (χ1v) is 6.51. The number of hydrogen-bond acceptors (Lipinski definition) is 4. The van der Waals surface area contributed by atoms with Crippen LogP contribution in [-0.4, -0.2) is 9.24 Å². The highest BCUT2D eigenvalue weighted by Crippen LogP contribution is 2.21. The van der Waals surface area contributed by atoms with Crippen molar-refractivity contribution in [2.24, 2.45) is 0 Å². The molecule has 0 spiro atoms. The molecule has 102 valence electrons. The molecule has 0 bridgehead atoms.